The molecule has 1 saturated heterocycles. The summed E-state index contributed by atoms with van der Waals surface area (Å²) in [4.78, 5) is 0. The summed E-state index contributed by atoms with van der Waals surface area (Å²) in [6, 6.07) is 23.4. The minimum absolute atomic E-state index is 0.0143. The van der Waals surface area contributed by atoms with Crippen molar-refractivity contribution < 1.29 is 13.3 Å². The summed E-state index contributed by atoms with van der Waals surface area (Å²) in [7, 11) is -5.58. The van der Waals surface area contributed by atoms with E-state index in [0.29, 0.717) is 6.16 Å². The van der Waals surface area contributed by atoms with Crippen LogP contribution in [-0.2, 0) is 4.57 Å². The Morgan fingerprint density at radius 3 is 2.10 bits per heavy atom. The Kier molecular flexibility index (Phi) is 5.97. The quantitative estimate of drug-likeness (QED) is 0.515. The first-order chi connectivity index (χ1) is 14.0. The second-order valence-corrected chi connectivity index (χ2v) is 16.4. The van der Waals surface area contributed by atoms with Crippen molar-refractivity contribution in [2.24, 2.45) is 5.50 Å². The van der Waals surface area contributed by atoms with Crippen LogP contribution in [0.5, 0.6) is 0 Å². The molecule has 2 nitrogen and oxygen atoms in total. The van der Waals surface area contributed by atoms with Crippen molar-refractivity contribution in [2.45, 2.75) is 24.4 Å². The Morgan fingerprint density at radius 1 is 0.862 bits per heavy atom. The van der Waals surface area contributed by atoms with Gasteiger partial charge in [-0.1, -0.05) is 0 Å². The van der Waals surface area contributed by atoms with Crippen LogP contribution in [0, 0.1) is 11.6 Å². The molecule has 3 aromatic rings. The van der Waals surface area contributed by atoms with Gasteiger partial charge in [-0.05, 0) is 0 Å². The molecule has 2 N–H and O–H groups in total. The number of rotatable bonds is 4. The summed E-state index contributed by atoms with van der Waals surface area (Å²) < 4.78 is 41.7. The zero-order chi connectivity index (χ0) is 20.4. The zero-order valence-corrected chi connectivity index (χ0v) is 18.0. The van der Waals surface area contributed by atoms with Crippen LogP contribution in [0.15, 0.2) is 78.9 Å². The third-order valence-corrected chi connectivity index (χ3v) is 15.9. The molecule has 29 heavy (non-hydrogen) atoms. The van der Waals surface area contributed by atoms with Crippen molar-refractivity contribution in [2.75, 3.05) is 6.16 Å². The average molecular weight is 431 g/mol. The summed E-state index contributed by atoms with van der Waals surface area (Å²) in [6.45, 7) is 0. The molecule has 3 unspecified atom stereocenters. The van der Waals surface area contributed by atoms with Crippen molar-refractivity contribution in [3.05, 3.63) is 102 Å². The topological polar surface area (TPSA) is 43.1 Å². The fraction of sp³-hybridized carbons (Fsp3) is 0.217. The molecule has 4 rings (SSSR count). The fourth-order valence-electron chi connectivity index (χ4n) is 4.61. The van der Waals surface area contributed by atoms with Gasteiger partial charge in [-0.2, -0.15) is 0 Å². The van der Waals surface area contributed by atoms with E-state index in [0.717, 1.165) is 24.5 Å². The van der Waals surface area contributed by atoms with Gasteiger partial charge in [0, 0.05) is 0 Å². The van der Waals surface area contributed by atoms with Crippen LogP contribution in [-0.4, -0.2) is 6.16 Å². The maximum atomic E-state index is 14.5. The molecule has 6 heteroatoms. The van der Waals surface area contributed by atoms with Gasteiger partial charge in [0.25, 0.3) is 0 Å². The number of halogens is 2. The van der Waals surface area contributed by atoms with Crippen LogP contribution in [0.2, 0.25) is 0 Å². The zero-order valence-electron chi connectivity index (χ0n) is 16.0. The molecule has 1 aliphatic rings. The third-order valence-electron chi connectivity index (χ3n) is 6.08. The van der Waals surface area contributed by atoms with Crippen LogP contribution >= 0.6 is 14.6 Å². The Balaban J connectivity index is 1.76. The molecule has 3 atom stereocenters. The Labute approximate surface area is 171 Å². The van der Waals surface area contributed by atoms with Gasteiger partial charge in [-0.25, -0.2) is 0 Å². The summed E-state index contributed by atoms with van der Waals surface area (Å²) in [5.74, 6) is -1.20. The van der Waals surface area contributed by atoms with Crippen LogP contribution < -0.4 is 10.8 Å². The van der Waals surface area contributed by atoms with E-state index in [2.05, 4.69) is 12.1 Å². The van der Waals surface area contributed by atoms with Gasteiger partial charge < -0.3 is 0 Å². The first-order valence-electron chi connectivity index (χ1n) is 9.87. The predicted octanol–water partition coefficient (Wildman–Crippen LogP) is 6.01. The summed E-state index contributed by atoms with van der Waals surface area (Å²) in [6.07, 6.45) is 2.41. The normalized spacial score (nSPS) is 23.3. The van der Waals surface area contributed by atoms with E-state index in [1.54, 1.807) is 0 Å². The van der Waals surface area contributed by atoms with Gasteiger partial charge in [0.15, 0.2) is 0 Å². The molecule has 1 heterocycles. The molecule has 0 amide bonds. The molecular formula is C23H25F2NOP2. The summed E-state index contributed by atoms with van der Waals surface area (Å²) in [5, 5.41) is 0.0974. The van der Waals surface area contributed by atoms with Crippen molar-refractivity contribution in [1.29, 1.82) is 0 Å². The number of hydrogen-bond acceptors (Lipinski definition) is 2. The molecule has 0 aromatic heterocycles. The van der Waals surface area contributed by atoms with E-state index >= 15 is 0 Å². The molecule has 0 aliphatic carbocycles. The van der Waals surface area contributed by atoms with E-state index in [-0.39, 0.29) is 16.9 Å². The first kappa shape index (κ1) is 20.4. The summed E-state index contributed by atoms with van der Waals surface area (Å²) >= 11 is 0. The fourth-order valence-corrected chi connectivity index (χ4v) is 14.4. The minimum atomic E-state index is -2.96. The molecular weight excluding hydrogens is 406 g/mol. The van der Waals surface area contributed by atoms with Crippen LogP contribution in [0.1, 0.15) is 35.5 Å². The Bertz CT molecular complexity index is 1020. The van der Waals surface area contributed by atoms with Gasteiger partial charge in [0.2, 0.25) is 0 Å². The van der Waals surface area contributed by atoms with Crippen molar-refractivity contribution in [3.63, 3.8) is 0 Å². The van der Waals surface area contributed by atoms with E-state index in [9.17, 15) is 13.3 Å². The molecule has 0 bridgehead atoms. The van der Waals surface area contributed by atoms with Gasteiger partial charge in [0.1, 0.15) is 0 Å². The van der Waals surface area contributed by atoms with E-state index in [1.807, 2.05) is 48.5 Å². The van der Waals surface area contributed by atoms with Crippen LogP contribution in [0.25, 0.3) is 0 Å². The Hall–Kier alpha value is -1.86. The molecule has 152 valence electrons. The first-order valence-corrected chi connectivity index (χ1v) is 14.6. The van der Waals surface area contributed by atoms with Crippen LogP contribution in [0.4, 0.5) is 8.78 Å². The average Bonchev–Trinajstić information content (AvgIpc) is 2.74. The molecule has 1 aliphatic heterocycles. The van der Waals surface area contributed by atoms with Crippen molar-refractivity contribution >= 4 is 19.9 Å². The number of hydrogen-bond donors (Lipinski definition) is 1. The molecule has 0 saturated carbocycles. The maximum absolute atomic E-state index is 14.5. The third kappa shape index (κ3) is 4.08. The summed E-state index contributed by atoms with van der Waals surface area (Å²) in [5.41, 5.74) is 9.31. The number of benzene rings is 3. The standard InChI is InChI=1S/C23H25F2NOP2/c24-20-12-13-22(21(25)15-20)28(27)29(26)16-19(17-7-3-1-4-8-17)11-14-23(29)18-9-5-2-6-10-18/h1-10,12-13,15,19,23,28-29H,11,14,16,26H2. The van der Waals surface area contributed by atoms with E-state index < -0.39 is 26.2 Å². The molecule has 0 spiro atoms. The number of nitrogens with two attached hydrogens (primary N) is 1. The monoisotopic (exact) mass is 431 g/mol. The van der Waals surface area contributed by atoms with E-state index in [1.165, 1.54) is 17.7 Å². The molecule has 0 radical (unpaired) electrons. The second kappa shape index (κ2) is 8.48. The van der Waals surface area contributed by atoms with Gasteiger partial charge in [0.05, 0.1) is 0 Å². The van der Waals surface area contributed by atoms with Gasteiger partial charge in [-0.3, -0.25) is 0 Å². The van der Waals surface area contributed by atoms with Gasteiger partial charge >= 0.3 is 171 Å². The van der Waals surface area contributed by atoms with Gasteiger partial charge in [-0.15, -0.1) is 0 Å². The molecule has 3 aromatic carbocycles. The second-order valence-electron chi connectivity index (χ2n) is 7.85. The van der Waals surface area contributed by atoms with Crippen molar-refractivity contribution in [1.82, 2.24) is 0 Å². The predicted molar refractivity (Wildman–Crippen MR) is 120 cm³/mol. The Morgan fingerprint density at radius 2 is 1.48 bits per heavy atom. The van der Waals surface area contributed by atoms with Crippen molar-refractivity contribution in [3.8, 4) is 0 Å². The van der Waals surface area contributed by atoms with Crippen LogP contribution in [0.3, 0.4) is 0 Å². The van der Waals surface area contributed by atoms with E-state index in [4.69, 9.17) is 5.50 Å². The molecule has 1 fully saturated rings. The SMILES string of the molecule is N[PH]1([PH](=O)c2ccc(F)cc2F)CC(c2ccccc2)CCC1c1ccccc1.